The summed E-state index contributed by atoms with van der Waals surface area (Å²) >= 11 is 0. The molecule has 3 heteroatoms. The first kappa shape index (κ1) is 12.2. The molecule has 0 unspecified atom stereocenters. The molecule has 0 fully saturated rings. The minimum atomic E-state index is -0.0761. The van der Waals surface area contributed by atoms with Crippen LogP contribution in [0.2, 0.25) is 0 Å². The van der Waals surface area contributed by atoms with Crippen LogP contribution < -0.4 is 10.5 Å². The molecule has 1 aromatic rings. The molecule has 0 amide bonds. The Morgan fingerprint density at radius 1 is 1.33 bits per heavy atom. The van der Waals surface area contributed by atoms with Crippen molar-refractivity contribution in [3.05, 3.63) is 22.8 Å². The minimum Gasteiger partial charge on any atom is -0.487 e. The molecule has 0 saturated carbocycles. The number of fused-ring (bicyclic) bond motifs is 1. The van der Waals surface area contributed by atoms with Gasteiger partial charge >= 0.3 is 0 Å². The van der Waals surface area contributed by atoms with Crippen molar-refractivity contribution in [2.75, 3.05) is 5.73 Å². The number of anilines is 1. The predicted molar refractivity (Wildman–Crippen MR) is 66.0 cm³/mol. The summed E-state index contributed by atoms with van der Waals surface area (Å²) in [5, 5.41) is 0. The highest BCUT2D eigenvalue weighted by molar-refractivity contribution is 5.85. The number of benzene rings is 1. The van der Waals surface area contributed by atoms with E-state index in [0.717, 1.165) is 23.4 Å². The van der Waals surface area contributed by atoms with Crippen molar-refractivity contribution in [2.24, 2.45) is 0 Å². The lowest BCUT2D eigenvalue weighted by molar-refractivity contribution is 0.138. The van der Waals surface area contributed by atoms with Crippen LogP contribution in [0.5, 0.6) is 5.75 Å². The third kappa shape index (κ3) is 1.91. The fourth-order valence-corrected chi connectivity index (χ4v) is 2.07. The Labute approximate surface area is 97.2 Å². The first-order chi connectivity index (χ1) is 6.41. The van der Waals surface area contributed by atoms with Crippen LogP contribution in [0.3, 0.4) is 0 Å². The first-order valence-electron chi connectivity index (χ1n) is 4.98. The number of rotatable bonds is 0. The summed E-state index contributed by atoms with van der Waals surface area (Å²) in [4.78, 5) is 0. The molecule has 0 radical (unpaired) electrons. The van der Waals surface area contributed by atoms with Gasteiger partial charge in [-0.3, -0.25) is 0 Å². The normalized spacial score (nSPS) is 16.5. The van der Waals surface area contributed by atoms with Crippen molar-refractivity contribution in [3.8, 4) is 5.75 Å². The number of nitrogen functional groups attached to an aromatic ring is 1. The highest BCUT2D eigenvalue weighted by Crippen LogP contribution is 2.40. The Hall–Kier alpha value is -0.890. The summed E-state index contributed by atoms with van der Waals surface area (Å²) in [5.74, 6) is 1.01. The van der Waals surface area contributed by atoms with Gasteiger partial charge in [-0.1, -0.05) is 0 Å². The standard InChI is InChI=1S/C12H17NO.ClH/c1-7-5-10-9(8(2)11(7)13)6-12(3,4)14-10;/h5H,6,13H2,1-4H3;1H. The van der Waals surface area contributed by atoms with Crippen LogP contribution in [-0.4, -0.2) is 5.60 Å². The zero-order valence-corrected chi connectivity index (χ0v) is 10.5. The van der Waals surface area contributed by atoms with Gasteiger partial charge in [-0.05, 0) is 44.9 Å². The number of halogens is 1. The zero-order chi connectivity index (χ0) is 10.5. The number of hydrogen-bond acceptors (Lipinski definition) is 2. The van der Waals surface area contributed by atoms with E-state index in [1.165, 1.54) is 11.1 Å². The van der Waals surface area contributed by atoms with Crippen LogP contribution in [0, 0.1) is 13.8 Å². The summed E-state index contributed by atoms with van der Waals surface area (Å²) in [6, 6.07) is 2.05. The lowest BCUT2D eigenvalue weighted by Gasteiger charge is -2.16. The molecule has 0 bridgehead atoms. The molecular weight excluding hydrogens is 210 g/mol. The highest BCUT2D eigenvalue weighted by Gasteiger charge is 2.31. The Morgan fingerprint density at radius 2 is 1.93 bits per heavy atom. The molecule has 2 rings (SSSR count). The summed E-state index contributed by atoms with van der Waals surface area (Å²) in [5.41, 5.74) is 10.4. The quantitative estimate of drug-likeness (QED) is 0.692. The minimum absolute atomic E-state index is 0. The second-order valence-corrected chi connectivity index (χ2v) is 4.75. The summed E-state index contributed by atoms with van der Waals surface area (Å²) in [6.07, 6.45) is 0.957. The van der Waals surface area contributed by atoms with Gasteiger partial charge in [0, 0.05) is 17.7 Å². The van der Waals surface area contributed by atoms with E-state index in [4.69, 9.17) is 10.5 Å². The maximum atomic E-state index is 5.99. The second-order valence-electron chi connectivity index (χ2n) is 4.75. The van der Waals surface area contributed by atoms with Gasteiger partial charge in [-0.15, -0.1) is 12.4 Å². The van der Waals surface area contributed by atoms with E-state index in [1.54, 1.807) is 0 Å². The van der Waals surface area contributed by atoms with E-state index in [-0.39, 0.29) is 18.0 Å². The molecule has 0 aliphatic carbocycles. The predicted octanol–water partition coefficient (Wildman–Crippen LogP) is 3.02. The zero-order valence-electron chi connectivity index (χ0n) is 9.68. The average Bonchev–Trinajstić information content (AvgIpc) is 2.37. The SMILES string of the molecule is Cc1cc2c(c(C)c1N)CC(C)(C)O2.Cl. The van der Waals surface area contributed by atoms with Crippen molar-refractivity contribution in [3.63, 3.8) is 0 Å². The van der Waals surface area contributed by atoms with Gasteiger partial charge in [0.05, 0.1) is 0 Å². The molecule has 0 atom stereocenters. The Balaban J connectivity index is 0.00000112. The first-order valence-corrected chi connectivity index (χ1v) is 4.98. The summed E-state index contributed by atoms with van der Waals surface area (Å²) in [7, 11) is 0. The molecule has 1 aliphatic heterocycles. The number of aryl methyl sites for hydroxylation is 1. The van der Waals surface area contributed by atoms with Gasteiger partial charge in [-0.2, -0.15) is 0 Å². The van der Waals surface area contributed by atoms with Gasteiger partial charge in [-0.25, -0.2) is 0 Å². The van der Waals surface area contributed by atoms with E-state index >= 15 is 0 Å². The van der Waals surface area contributed by atoms with Gasteiger partial charge in [0.1, 0.15) is 11.4 Å². The molecular formula is C12H18ClNO. The third-order valence-electron chi connectivity index (χ3n) is 2.92. The van der Waals surface area contributed by atoms with E-state index < -0.39 is 0 Å². The molecule has 0 aromatic heterocycles. The number of nitrogens with two attached hydrogens (primary N) is 1. The molecule has 0 saturated heterocycles. The van der Waals surface area contributed by atoms with Crippen LogP contribution in [0.1, 0.15) is 30.5 Å². The Bertz CT molecular complexity index is 399. The Morgan fingerprint density at radius 3 is 2.53 bits per heavy atom. The highest BCUT2D eigenvalue weighted by atomic mass is 35.5. The van der Waals surface area contributed by atoms with Crippen LogP contribution in [-0.2, 0) is 6.42 Å². The molecule has 2 nitrogen and oxygen atoms in total. The number of hydrogen-bond donors (Lipinski definition) is 1. The van der Waals surface area contributed by atoms with Gasteiger partial charge in [0.2, 0.25) is 0 Å². The van der Waals surface area contributed by atoms with E-state index in [1.807, 2.05) is 13.0 Å². The third-order valence-corrected chi connectivity index (χ3v) is 2.92. The summed E-state index contributed by atoms with van der Waals surface area (Å²) < 4.78 is 5.86. The smallest absolute Gasteiger partial charge is 0.124 e. The monoisotopic (exact) mass is 227 g/mol. The molecule has 15 heavy (non-hydrogen) atoms. The average molecular weight is 228 g/mol. The molecule has 2 N–H and O–H groups in total. The molecule has 1 heterocycles. The van der Waals surface area contributed by atoms with Crippen molar-refractivity contribution in [1.82, 2.24) is 0 Å². The van der Waals surface area contributed by atoms with Gasteiger partial charge in [0.15, 0.2) is 0 Å². The maximum absolute atomic E-state index is 5.99. The van der Waals surface area contributed by atoms with Crippen LogP contribution in [0.25, 0.3) is 0 Å². The van der Waals surface area contributed by atoms with Crippen molar-refractivity contribution in [1.29, 1.82) is 0 Å². The lowest BCUT2D eigenvalue weighted by atomic mass is 9.95. The van der Waals surface area contributed by atoms with E-state index in [9.17, 15) is 0 Å². The van der Waals surface area contributed by atoms with Crippen molar-refractivity contribution >= 4 is 18.1 Å². The molecule has 84 valence electrons. The van der Waals surface area contributed by atoms with Crippen molar-refractivity contribution < 1.29 is 4.74 Å². The fourth-order valence-electron chi connectivity index (χ4n) is 2.07. The second kappa shape index (κ2) is 3.60. The van der Waals surface area contributed by atoms with Gasteiger partial charge < -0.3 is 10.5 Å². The van der Waals surface area contributed by atoms with Crippen LogP contribution >= 0.6 is 12.4 Å². The van der Waals surface area contributed by atoms with Crippen LogP contribution in [0.15, 0.2) is 6.07 Å². The van der Waals surface area contributed by atoms with Gasteiger partial charge in [0.25, 0.3) is 0 Å². The van der Waals surface area contributed by atoms with Crippen molar-refractivity contribution in [2.45, 2.75) is 39.7 Å². The Kier molecular flexibility index (Phi) is 2.92. The maximum Gasteiger partial charge on any atom is 0.124 e. The van der Waals surface area contributed by atoms with E-state index in [0.29, 0.717) is 0 Å². The largest absolute Gasteiger partial charge is 0.487 e. The lowest BCUT2D eigenvalue weighted by Crippen LogP contribution is -2.24. The van der Waals surface area contributed by atoms with Crippen LogP contribution in [0.4, 0.5) is 5.69 Å². The fraction of sp³-hybridized carbons (Fsp3) is 0.500. The summed E-state index contributed by atoms with van der Waals surface area (Å²) in [6.45, 7) is 8.32. The number of ether oxygens (including phenoxy) is 1. The van der Waals surface area contributed by atoms with E-state index in [2.05, 4.69) is 20.8 Å². The molecule has 1 aliphatic rings. The molecule has 1 aromatic carbocycles. The molecule has 0 spiro atoms. The topological polar surface area (TPSA) is 35.2 Å².